The lowest BCUT2D eigenvalue weighted by atomic mass is 10.0. The number of aromatic nitrogens is 7. The molecule has 0 unspecified atom stereocenters. The number of nitrogens with zero attached hydrogens (tertiary/aromatic N) is 7. The number of H-pyrrole nitrogens is 1. The van der Waals surface area contributed by atoms with Gasteiger partial charge in [-0.1, -0.05) is 17.7 Å². The Labute approximate surface area is 272 Å². The van der Waals surface area contributed by atoms with Gasteiger partial charge in [-0.2, -0.15) is 31.4 Å². The molecule has 1 saturated heterocycles. The Morgan fingerprint density at radius 3 is 2.54 bits per heavy atom. The summed E-state index contributed by atoms with van der Waals surface area (Å²) < 4.78 is 103. The smallest absolute Gasteiger partial charge is 0.376 e. The SMILES string of the molecule is Fc1cc(Cl)ccc1CNc1nc2c(cc1C(F)(F)F)CCN(Cc1nc3cc(-c4n[nH]c(C(F)(F)F)n4)ncc3n1C[C@@H]1CCO1)C2. The van der Waals surface area contributed by atoms with Crippen LogP contribution in [-0.4, -0.2) is 58.9 Å². The molecule has 2 aliphatic rings. The zero-order chi connectivity index (χ0) is 33.8. The van der Waals surface area contributed by atoms with Crippen molar-refractivity contribution in [3.63, 3.8) is 0 Å². The zero-order valence-electron chi connectivity index (χ0n) is 24.8. The third-order valence-electron chi connectivity index (χ3n) is 8.27. The van der Waals surface area contributed by atoms with Gasteiger partial charge in [-0.15, -0.1) is 0 Å². The van der Waals surface area contributed by atoms with E-state index in [1.54, 1.807) is 0 Å². The molecular formula is C30H25ClF7N9O. The molecule has 6 heterocycles. The Morgan fingerprint density at radius 1 is 1.04 bits per heavy atom. The van der Waals surface area contributed by atoms with Crippen LogP contribution in [0.25, 0.3) is 22.6 Å². The summed E-state index contributed by atoms with van der Waals surface area (Å²) in [7, 11) is 0. The van der Waals surface area contributed by atoms with E-state index in [0.717, 1.165) is 18.6 Å². The number of rotatable bonds is 8. The summed E-state index contributed by atoms with van der Waals surface area (Å²) in [5, 5.41) is 8.35. The number of nitrogens with one attached hydrogen (secondary N) is 2. The maximum atomic E-state index is 14.3. The number of imidazole rings is 1. The monoisotopic (exact) mass is 695 g/mol. The van der Waals surface area contributed by atoms with Gasteiger partial charge < -0.3 is 14.6 Å². The van der Waals surface area contributed by atoms with Crippen LogP contribution in [0.4, 0.5) is 36.6 Å². The molecule has 0 spiro atoms. The number of aromatic amines is 1. The highest BCUT2D eigenvalue weighted by molar-refractivity contribution is 6.30. The first-order chi connectivity index (χ1) is 22.8. The van der Waals surface area contributed by atoms with Crippen molar-refractivity contribution in [1.82, 2.24) is 39.6 Å². The minimum Gasteiger partial charge on any atom is -0.376 e. The predicted octanol–water partition coefficient (Wildman–Crippen LogP) is 6.40. The van der Waals surface area contributed by atoms with Gasteiger partial charge in [0, 0.05) is 36.8 Å². The normalized spacial score (nSPS) is 17.0. The van der Waals surface area contributed by atoms with Gasteiger partial charge in [0.1, 0.15) is 23.2 Å². The molecule has 0 amide bonds. The largest absolute Gasteiger partial charge is 0.451 e. The molecule has 48 heavy (non-hydrogen) atoms. The summed E-state index contributed by atoms with van der Waals surface area (Å²) in [6, 6.07) is 6.52. The van der Waals surface area contributed by atoms with Crippen LogP contribution >= 0.6 is 11.6 Å². The quantitative estimate of drug-likeness (QED) is 0.180. The van der Waals surface area contributed by atoms with Crippen LogP contribution < -0.4 is 5.32 Å². The van der Waals surface area contributed by atoms with Crippen LogP contribution in [0.15, 0.2) is 36.5 Å². The predicted molar refractivity (Wildman–Crippen MR) is 158 cm³/mol. The molecular weight excluding hydrogens is 671 g/mol. The second-order valence-corrected chi connectivity index (χ2v) is 12.0. The summed E-state index contributed by atoms with van der Waals surface area (Å²) >= 11 is 5.80. The average molecular weight is 696 g/mol. The van der Waals surface area contributed by atoms with Gasteiger partial charge in [0.05, 0.1) is 47.7 Å². The Balaban J connectivity index is 1.16. The molecule has 0 aliphatic carbocycles. The van der Waals surface area contributed by atoms with E-state index in [2.05, 4.69) is 25.4 Å². The van der Waals surface area contributed by atoms with E-state index in [4.69, 9.17) is 21.3 Å². The van der Waals surface area contributed by atoms with Gasteiger partial charge in [0.2, 0.25) is 5.82 Å². The number of halogens is 8. The maximum absolute atomic E-state index is 14.3. The van der Waals surface area contributed by atoms with Crippen molar-refractivity contribution < 1.29 is 35.5 Å². The topological polar surface area (TPSA) is 110 Å². The van der Waals surface area contributed by atoms with Crippen molar-refractivity contribution in [2.24, 2.45) is 0 Å². The number of pyridine rings is 2. The van der Waals surface area contributed by atoms with Crippen molar-refractivity contribution >= 4 is 28.5 Å². The lowest BCUT2D eigenvalue weighted by Crippen LogP contribution is -2.34. The molecule has 0 saturated carbocycles. The number of benzene rings is 1. The Kier molecular flexibility index (Phi) is 8.23. The second kappa shape index (κ2) is 12.3. The number of hydrogen-bond donors (Lipinski definition) is 2. The maximum Gasteiger partial charge on any atom is 0.451 e. The van der Waals surface area contributed by atoms with Crippen molar-refractivity contribution in [3.8, 4) is 11.5 Å². The van der Waals surface area contributed by atoms with Crippen molar-refractivity contribution in [2.45, 2.75) is 57.5 Å². The van der Waals surface area contributed by atoms with Gasteiger partial charge in [-0.05, 0) is 42.7 Å². The van der Waals surface area contributed by atoms with Crippen LogP contribution in [0.1, 0.15) is 40.5 Å². The van der Waals surface area contributed by atoms with Crippen molar-refractivity contribution in [2.75, 3.05) is 18.5 Å². The number of hydrogen-bond acceptors (Lipinski definition) is 8. The van der Waals surface area contributed by atoms with Gasteiger partial charge in [0.15, 0.2) is 5.82 Å². The highest BCUT2D eigenvalue weighted by Gasteiger charge is 2.37. The van der Waals surface area contributed by atoms with Crippen LogP contribution in [-0.2, 0) is 49.7 Å². The van der Waals surface area contributed by atoms with E-state index in [-0.39, 0.29) is 47.8 Å². The molecule has 0 bridgehead atoms. The first kappa shape index (κ1) is 32.2. The molecule has 4 aromatic heterocycles. The molecule has 5 aromatic rings. The molecule has 10 nitrogen and oxygen atoms in total. The molecule has 252 valence electrons. The lowest BCUT2D eigenvalue weighted by molar-refractivity contribution is -0.144. The Bertz CT molecular complexity index is 1990. The van der Waals surface area contributed by atoms with Gasteiger partial charge >= 0.3 is 12.4 Å². The molecule has 18 heteroatoms. The molecule has 7 rings (SSSR count). The fraction of sp³-hybridized carbons (Fsp3) is 0.367. The minimum absolute atomic E-state index is 0.0631. The highest BCUT2D eigenvalue weighted by Crippen LogP contribution is 2.37. The fourth-order valence-electron chi connectivity index (χ4n) is 5.70. The van der Waals surface area contributed by atoms with Gasteiger partial charge in [0.25, 0.3) is 0 Å². The van der Waals surface area contributed by atoms with Crippen LogP contribution in [0.3, 0.4) is 0 Å². The van der Waals surface area contributed by atoms with Crippen LogP contribution in [0.2, 0.25) is 5.02 Å². The van der Waals surface area contributed by atoms with Crippen LogP contribution in [0, 0.1) is 5.82 Å². The molecule has 2 aliphatic heterocycles. The molecule has 1 aromatic carbocycles. The average Bonchev–Trinajstić information content (AvgIpc) is 3.63. The fourth-order valence-corrected chi connectivity index (χ4v) is 5.86. The lowest BCUT2D eigenvalue weighted by Gasteiger charge is -2.30. The van der Waals surface area contributed by atoms with E-state index in [0.29, 0.717) is 54.2 Å². The van der Waals surface area contributed by atoms with Crippen molar-refractivity contribution in [3.05, 3.63) is 81.4 Å². The number of anilines is 1. The highest BCUT2D eigenvalue weighted by atomic mass is 35.5. The number of fused-ring (bicyclic) bond motifs is 2. The Morgan fingerprint density at radius 2 is 1.85 bits per heavy atom. The van der Waals surface area contributed by atoms with E-state index < -0.39 is 35.4 Å². The number of alkyl halides is 6. The molecule has 0 radical (unpaired) electrons. The first-order valence-corrected chi connectivity index (χ1v) is 15.2. The summed E-state index contributed by atoms with van der Waals surface area (Å²) in [6.45, 7) is 1.75. The van der Waals surface area contributed by atoms with E-state index in [1.165, 1.54) is 24.4 Å². The first-order valence-electron chi connectivity index (χ1n) is 14.8. The third kappa shape index (κ3) is 6.53. The zero-order valence-corrected chi connectivity index (χ0v) is 25.5. The van der Waals surface area contributed by atoms with E-state index >= 15 is 0 Å². The van der Waals surface area contributed by atoms with Crippen molar-refractivity contribution in [1.29, 1.82) is 0 Å². The Hall–Kier alpha value is -4.35. The molecule has 1 fully saturated rings. The van der Waals surface area contributed by atoms with E-state index in [1.807, 2.05) is 14.6 Å². The molecule has 2 N–H and O–H groups in total. The third-order valence-corrected chi connectivity index (χ3v) is 8.51. The summed E-state index contributed by atoms with van der Waals surface area (Å²) in [6.07, 6.45) is -6.83. The van der Waals surface area contributed by atoms with Crippen LogP contribution in [0.5, 0.6) is 0 Å². The second-order valence-electron chi connectivity index (χ2n) is 11.5. The summed E-state index contributed by atoms with van der Waals surface area (Å²) in [5.74, 6) is -1.94. The van der Waals surface area contributed by atoms with E-state index in [9.17, 15) is 30.7 Å². The standard InChI is InChI=1S/C30H25ClF7N9O/c31-17-2-1-16(20(32)8-17)10-40-26-19(29(33,34)35)7-15-3-5-46(13-23(15)42-26)14-25-41-21-9-22(27-43-28(45-44-27)30(36,37)38)39-11-24(21)47(25)12-18-4-6-48-18/h1-2,7-9,11,18H,3-6,10,12-14H2,(H,40,42)(H,43,44,45)/t18-/m0/s1. The number of ether oxygens (including phenoxy) is 1. The molecule has 1 atom stereocenters. The minimum atomic E-state index is -4.70. The summed E-state index contributed by atoms with van der Waals surface area (Å²) in [4.78, 5) is 18.9. The summed E-state index contributed by atoms with van der Waals surface area (Å²) in [5.41, 5.74) is 1.26. The van der Waals surface area contributed by atoms with Gasteiger partial charge in [-0.3, -0.25) is 15.0 Å². The van der Waals surface area contributed by atoms with Gasteiger partial charge in [-0.25, -0.2) is 19.3 Å².